The van der Waals surface area contributed by atoms with Gasteiger partial charge >= 0.3 is 0 Å². The van der Waals surface area contributed by atoms with Crippen LogP contribution in [0.5, 0.6) is 0 Å². The first-order chi connectivity index (χ1) is 9.87. The van der Waals surface area contributed by atoms with Crippen molar-refractivity contribution < 1.29 is 8.42 Å². The first kappa shape index (κ1) is 17.0. The quantitative estimate of drug-likeness (QED) is 0.906. The van der Waals surface area contributed by atoms with Crippen LogP contribution in [0.1, 0.15) is 32.6 Å². The molecule has 1 aliphatic rings. The lowest BCUT2D eigenvalue weighted by Gasteiger charge is -2.34. The molecule has 2 rings (SSSR count). The smallest absolute Gasteiger partial charge is 0.244 e. The summed E-state index contributed by atoms with van der Waals surface area (Å²) in [6.45, 7) is 2.25. The highest BCUT2D eigenvalue weighted by atomic mass is 35.5. The topological polar surface area (TPSA) is 63.4 Å². The molecule has 118 valence electrons. The highest BCUT2D eigenvalue weighted by Gasteiger charge is 2.33. The van der Waals surface area contributed by atoms with Gasteiger partial charge in [-0.2, -0.15) is 4.31 Å². The van der Waals surface area contributed by atoms with Crippen molar-refractivity contribution >= 4 is 33.2 Å². The van der Waals surface area contributed by atoms with Crippen LogP contribution >= 0.6 is 23.2 Å². The Bertz CT molecular complexity index is 599. The van der Waals surface area contributed by atoms with E-state index in [1.807, 2.05) is 6.92 Å². The average molecular weight is 351 g/mol. The number of hydrogen-bond donors (Lipinski definition) is 1. The maximum absolute atomic E-state index is 12.9. The third kappa shape index (κ3) is 3.54. The summed E-state index contributed by atoms with van der Waals surface area (Å²) in [7, 11) is -3.65. The Kier molecular flexibility index (Phi) is 5.54. The molecule has 1 fully saturated rings. The van der Waals surface area contributed by atoms with Gasteiger partial charge in [-0.3, -0.25) is 0 Å². The summed E-state index contributed by atoms with van der Waals surface area (Å²) in [5.74, 6) is 0. The zero-order chi connectivity index (χ0) is 15.6. The Balaban J connectivity index is 2.34. The van der Waals surface area contributed by atoms with Crippen molar-refractivity contribution in [3.05, 3.63) is 28.2 Å². The minimum atomic E-state index is -3.65. The van der Waals surface area contributed by atoms with Crippen LogP contribution in [0.15, 0.2) is 23.1 Å². The van der Waals surface area contributed by atoms with Crippen molar-refractivity contribution in [1.82, 2.24) is 4.31 Å². The van der Waals surface area contributed by atoms with Crippen LogP contribution in [-0.2, 0) is 10.0 Å². The fourth-order valence-corrected chi connectivity index (χ4v) is 5.26. The Morgan fingerprint density at radius 1 is 1.24 bits per heavy atom. The maximum Gasteiger partial charge on any atom is 0.244 e. The van der Waals surface area contributed by atoms with Crippen molar-refractivity contribution in [2.45, 2.75) is 49.6 Å². The molecule has 0 aliphatic heterocycles. The molecule has 0 spiro atoms. The van der Waals surface area contributed by atoms with E-state index in [1.165, 1.54) is 10.4 Å². The van der Waals surface area contributed by atoms with E-state index in [-0.39, 0.29) is 27.0 Å². The van der Waals surface area contributed by atoms with Gasteiger partial charge in [0.05, 0.1) is 10.0 Å². The lowest BCUT2D eigenvalue weighted by Crippen LogP contribution is -2.44. The highest BCUT2D eigenvalue weighted by Crippen LogP contribution is 2.33. The molecular formula is C14H20Cl2N2O2S. The van der Waals surface area contributed by atoms with Gasteiger partial charge in [-0.1, -0.05) is 36.2 Å². The first-order valence-electron chi connectivity index (χ1n) is 7.09. The van der Waals surface area contributed by atoms with Gasteiger partial charge in [0.25, 0.3) is 0 Å². The minimum absolute atomic E-state index is 0.0187. The summed E-state index contributed by atoms with van der Waals surface area (Å²) in [6.07, 6.45) is 3.26. The standard InChI is InChI=1S/C14H20Cl2N2O2S/c1-2-18(11-8-6-10(17)7-9-11)21(19,20)13-5-3-4-12(15)14(13)16/h3-5,10-11H,2,6-9,17H2,1H3. The van der Waals surface area contributed by atoms with E-state index < -0.39 is 10.0 Å². The van der Waals surface area contributed by atoms with E-state index in [4.69, 9.17) is 28.9 Å². The number of rotatable bonds is 4. The van der Waals surface area contributed by atoms with E-state index >= 15 is 0 Å². The molecule has 1 aromatic carbocycles. The number of hydrogen-bond acceptors (Lipinski definition) is 3. The van der Waals surface area contributed by atoms with E-state index in [1.54, 1.807) is 12.1 Å². The number of nitrogens with two attached hydrogens (primary N) is 1. The van der Waals surface area contributed by atoms with Crippen LogP contribution in [0.4, 0.5) is 0 Å². The van der Waals surface area contributed by atoms with Crippen LogP contribution < -0.4 is 5.73 Å². The molecule has 0 unspecified atom stereocenters. The zero-order valence-corrected chi connectivity index (χ0v) is 14.3. The zero-order valence-electron chi connectivity index (χ0n) is 11.9. The highest BCUT2D eigenvalue weighted by molar-refractivity contribution is 7.89. The molecule has 2 N–H and O–H groups in total. The van der Waals surface area contributed by atoms with Gasteiger partial charge in [0.2, 0.25) is 10.0 Å². The average Bonchev–Trinajstić information content (AvgIpc) is 2.44. The van der Waals surface area contributed by atoms with Crippen molar-refractivity contribution in [3.8, 4) is 0 Å². The van der Waals surface area contributed by atoms with Crippen LogP contribution in [0.2, 0.25) is 10.0 Å². The summed E-state index contributed by atoms with van der Waals surface area (Å²) in [4.78, 5) is 0.0772. The van der Waals surface area contributed by atoms with Crippen molar-refractivity contribution in [2.24, 2.45) is 5.73 Å². The number of benzene rings is 1. The van der Waals surface area contributed by atoms with E-state index in [2.05, 4.69) is 0 Å². The SMILES string of the molecule is CCN(C1CCC(N)CC1)S(=O)(=O)c1cccc(Cl)c1Cl. The lowest BCUT2D eigenvalue weighted by atomic mass is 9.92. The molecular weight excluding hydrogens is 331 g/mol. The molecule has 0 amide bonds. The molecule has 7 heteroatoms. The molecule has 1 aliphatic carbocycles. The summed E-state index contributed by atoms with van der Waals surface area (Å²) in [5, 5.41) is 0.338. The summed E-state index contributed by atoms with van der Waals surface area (Å²) < 4.78 is 27.3. The molecule has 0 saturated heterocycles. The predicted octanol–water partition coefficient (Wildman–Crippen LogP) is 3.27. The lowest BCUT2D eigenvalue weighted by molar-refractivity contribution is 0.247. The fourth-order valence-electron chi connectivity index (χ4n) is 2.82. The van der Waals surface area contributed by atoms with Crippen molar-refractivity contribution in [2.75, 3.05) is 6.54 Å². The largest absolute Gasteiger partial charge is 0.328 e. The van der Waals surface area contributed by atoms with Crippen LogP contribution in [0.3, 0.4) is 0 Å². The third-order valence-corrected chi connectivity index (χ3v) is 6.96. The molecule has 21 heavy (non-hydrogen) atoms. The Morgan fingerprint density at radius 2 is 1.86 bits per heavy atom. The number of halogens is 2. The van der Waals surface area contributed by atoms with Gasteiger partial charge in [0.1, 0.15) is 4.90 Å². The van der Waals surface area contributed by atoms with Gasteiger partial charge in [-0.25, -0.2) is 8.42 Å². The number of sulfonamides is 1. The van der Waals surface area contributed by atoms with Crippen LogP contribution in [-0.4, -0.2) is 31.4 Å². The van der Waals surface area contributed by atoms with Crippen LogP contribution in [0, 0.1) is 0 Å². The Hall–Kier alpha value is -0.330. The van der Waals surface area contributed by atoms with Crippen molar-refractivity contribution in [3.63, 3.8) is 0 Å². The third-order valence-electron chi connectivity index (χ3n) is 3.96. The molecule has 0 radical (unpaired) electrons. The van der Waals surface area contributed by atoms with Gasteiger partial charge in [-0.05, 0) is 37.8 Å². The monoisotopic (exact) mass is 350 g/mol. The van der Waals surface area contributed by atoms with Gasteiger partial charge in [-0.15, -0.1) is 0 Å². The number of nitrogens with zero attached hydrogens (tertiary/aromatic N) is 1. The molecule has 1 aromatic rings. The second-order valence-corrected chi connectivity index (χ2v) is 7.97. The normalized spacial score (nSPS) is 23.5. The predicted molar refractivity (Wildman–Crippen MR) is 86.3 cm³/mol. The fraction of sp³-hybridized carbons (Fsp3) is 0.571. The molecule has 0 aromatic heterocycles. The van der Waals surface area contributed by atoms with E-state index in [0.717, 1.165) is 25.7 Å². The van der Waals surface area contributed by atoms with E-state index in [0.29, 0.717) is 6.54 Å². The second kappa shape index (κ2) is 6.84. The molecule has 4 nitrogen and oxygen atoms in total. The molecule has 1 saturated carbocycles. The first-order valence-corrected chi connectivity index (χ1v) is 9.29. The minimum Gasteiger partial charge on any atom is -0.328 e. The van der Waals surface area contributed by atoms with Gasteiger partial charge in [0.15, 0.2) is 0 Å². The molecule has 0 atom stereocenters. The summed E-state index contributed by atoms with van der Waals surface area (Å²) >= 11 is 12.0. The van der Waals surface area contributed by atoms with Crippen LogP contribution in [0.25, 0.3) is 0 Å². The molecule has 0 heterocycles. The molecule has 0 bridgehead atoms. The van der Waals surface area contributed by atoms with Crippen molar-refractivity contribution in [1.29, 1.82) is 0 Å². The van der Waals surface area contributed by atoms with Gasteiger partial charge in [0, 0.05) is 18.6 Å². The van der Waals surface area contributed by atoms with E-state index in [9.17, 15) is 8.42 Å². The summed E-state index contributed by atoms with van der Waals surface area (Å²) in [5.41, 5.74) is 5.90. The Morgan fingerprint density at radius 3 is 2.43 bits per heavy atom. The Labute approximate surface area is 136 Å². The van der Waals surface area contributed by atoms with Gasteiger partial charge < -0.3 is 5.73 Å². The second-order valence-electron chi connectivity index (χ2n) is 5.33. The maximum atomic E-state index is 12.9. The summed E-state index contributed by atoms with van der Waals surface area (Å²) in [6, 6.07) is 4.85.